The number of hydrogen-bond donors (Lipinski definition) is 0. The van der Waals surface area contributed by atoms with Crippen LogP contribution in [0.15, 0.2) is 0 Å². The average molecular weight is 214 g/mol. The predicted molar refractivity (Wildman–Crippen MR) is 61.5 cm³/mol. The molecule has 1 rings (SSSR count). The molecule has 1 aliphatic rings. The fourth-order valence-corrected chi connectivity index (χ4v) is 2.81. The Kier molecular flexibility index (Phi) is 5.23. The summed E-state index contributed by atoms with van der Waals surface area (Å²) in [7, 11) is 0.937. The van der Waals surface area contributed by atoms with Gasteiger partial charge in [-0.3, -0.25) is 4.79 Å². The van der Waals surface area contributed by atoms with Crippen molar-refractivity contribution in [1.82, 2.24) is 0 Å². The lowest BCUT2D eigenvalue weighted by Crippen LogP contribution is -2.16. The molecule has 14 heavy (non-hydrogen) atoms. The molecule has 1 aliphatic carbocycles. The Morgan fingerprint density at radius 1 is 1.50 bits per heavy atom. The Hall–Kier alpha value is -0.313. The summed E-state index contributed by atoms with van der Waals surface area (Å²) in [6.07, 6.45) is 7.26. The van der Waals surface area contributed by atoms with E-state index < -0.39 is 0 Å². The maximum absolute atomic E-state index is 11.5. The predicted octanol–water partition coefficient (Wildman–Crippen LogP) is 1.67. The first-order chi connectivity index (χ1) is 6.74. The largest absolute Gasteiger partial charge is 0.465 e. The van der Waals surface area contributed by atoms with Crippen LogP contribution in [0, 0.1) is 5.92 Å². The summed E-state index contributed by atoms with van der Waals surface area (Å²) in [4.78, 5) is 11.5. The molecular weight excluding hydrogens is 192 g/mol. The van der Waals surface area contributed by atoms with Crippen LogP contribution in [0.2, 0.25) is 5.54 Å². The monoisotopic (exact) mass is 214 g/mol. The molecule has 0 radical (unpaired) electrons. The SMILES string of the molecule is CCCC([SiH3])C(=O)OCC1CCCC1. The van der Waals surface area contributed by atoms with Crippen LogP contribution >= 0.6 is 0 Å². The van der Waals surface area contributed by atoms with Crippen LogP contribution in [0.1, 0.15) is 45.4 Å². The summed E-state index contributed by atoms with van der Waals surface area (Å²) in [5.74, 6) is 0.722. The van der Waals surface area contributed by atoms with Crippen molar-refractivity contribution >= 4 is 16.2 Å². The number of hydrogen-bond acceptors (Lipinski definition) is 2. The molecular formula is C11H22O2Si. The standard InChI is InChI=1S/C11H22O2Si/c1-2-5-10(14)11(12)13-8-9-6-3-4-7-9/h9-10H,2-8H2,1,14H3. The van der Waals surface area contributed by atoms with E-state index in [0.29, 0.717) is 12.5 Å². The highest BCUT2D eigenvalue weighted by molar-refractivity contribution is 6.22. The Bertz CT molecular complexity index is 176. The molecule has 0 bridgehead atoms. The molecule has 1 atom stereocenters. The van der Waals surface area contributed by atoms with E-state index in [1.54, 1.807) is 0 Å². The van der Waals surface area contributed by atoms with Crippen LogP contribution in [0.4, 0.5) is 0 Å². The molecule has 0 N–H and O–H groups in total. The lowest BCUT2D eigenvalue weighted by molar-refractivity contribution is -0.144. The zero-order valence-corrected chi connectivity index (χ0v) is 11.4. The molecule has 0 saturated heterocycles. The topological polar surface area (TPSA) is 26.3 Å². The third kappa shape index (κ3) is 3.82. The minimum atomic E-state index is 0.0606. The molecule has 82 valence electrons. The summed E-state index contributed by atoms with van der Waals surface area (Å²) in [6.45, 7) is 2.80. The van der Waals surface area contributed by atoms with Gasteiger partial charge < -0.3 is 4.74 Å². The van der Waals surface area contributed by atoms with E-state index in [1.807, 2.05) is 0 Å². The van der Waals surface area contributed by atoms with E-state index >= 15 is 0 Å². The van der Waals surface area contributed by atoms with Gasteiger partial charge in [0.15, 0.2) is 0 Å². The fourth-order valence-electron chi connectivity index (χ4n) is 2.07. The Labute approximate surface area is 89.8 Å². The van der Waals surface area contributed by atoms with Crippen molar-refractivity contribution in [2.75, 3.05) is 6.61 Å². The Morgan fingerprint density at radius 2 is 2.14 bits per heavy atom. The molecule has 0 heterocycles. The Balaban J connectivity index is 2.13. The van der Waals surface area contributed by atoms with Crippen LogP contribution in [0.5, 0.6) is 0 Å². The minimum absolute atomic E-state index is 0.0606. The van der Waals surface area contributed by atoms with Crippen LogP contribution in [-0.4, -0.2) is 22.8 Å². The number of carbonyl (C=O) groups is 1. The maximum Gasteiger partial charge on any atom is 0.305 e. The van der Waals surface area contributed by atoms with Gasteiger partial charge >= 0.3 is 5.97 Å². The quantitative estimate of drug-likeness (QED) is 0.514. The molecule has 0 spiro atoms. The molecule has 0 aliphatic heterocycles. The van der Waals surface area contributed by atoms with Crippen molar-refractivity contribution in [1.29, 1.82) is 0 Å². The number of rotatable bonds is 5. The van der Waals surface area contributed by atoms with Gasteiger partial charge in [0.05, 0.1) is 6.61 Å². The van der Waals surface area contributed by atoms with Gasteiger partial charge in [0.1, 0.15) is 0 Å². The van der Waals surface area contributed by atoms with Crippen molar-refractivity contribution in [3.63, 3.8) is 0 Å². The Morgan fingerprint density at radius 3 is 2.71 bits per heavy atom. The smallest absolute Gasteiger partial charge is 0.305 e. The lowest BCUT2D eigenvalue weighted by atomic mass is 10.1. The molecule has 3 heteroatoms. The van der Waals surface area contributed by atoms with Gasteiger partial charge in [-0.05, 0) is 25.2 Å². The molecule has 0 amide bonds. The summed E-state index contributed by atoms with van der Waals surface area (Å²) >= 11 is 0. The van der Waals surface area contributed by atoms with E-state index in [2.05, 4.69) is 6.92 Å². The fraction of sp³-hybridized carbons (Fsp3) is 0.909. The third-order valence-electron chi connectivity index (χ3n) is 3.06. The number of esters is 1. The second-order valence-corrected chi connectivity index (χ2v) is 5.86. The second-order valence-electron chi connectivity index (χ2n) is 4.47. The zero-order chi connectivity index (χ0) is 10.4. The molecule has 0 aromatic carbocycles. The number of ether oxygens (including phenoxy) is 1. The summed E-state index contributed by atoms with van der Waals surface area (Å²) in [5, 5.41) is 0. The van der Waals surface area contributed by atoms with Gasteiger partial charge in [-0.25, -0.2) is 0 Å². The van der Waals surface area contributed by atoms with E-state index in [9.17, 15) is 4.79 Å². The van der Waals surface area contributed by atoms with Crippen LogP contribution in [0.3, 0.4) is 0 Å². The third-order valence-corrected chi connectivity index (χ3v) is 4.11. The zero-order valence-electron chi connectivity index (χ0n) is 9.42. The molecule has 1 saturated carbocycles. The molecule has 0 aromatic rings. The highest BCUT2D eigenvalue weighted by Gasteiger charge is 2.19. The van der Waals surface area contributed by atoms with E-state index in [-0.39, 0.29) is 11.5 Å². The van der Waals surface area contributed by atoms with Gasteiger partial charge in [-0.15, -0.1) is 0 Å². The van der Waals surface area contributed by atoms with Gasteiger partial charge in [0, 0.05) is 15.8 Å². The van der Waals surface area contributed by atoms with Crippen LogP contribution in [0.25, 0.3) is 0 Å². The van der Waals surface area contributed by atoms with Crippen molar-refractivity contribution in [3.8, 4) is 0 Å². The first kappa shape index (κ1) is 11.8. The highest BCUT2D eigenvalue weighted by Crippen LogP contribution is 2.25. The maximum atomic E-state index is 11.5. The van der Waals surface area contributed by atoms with Crippen molar-refractivity contribution in [2.24, 2.45) is 5.92 Å². The normalized spacial score (nSPS) is 19.8. The van der Waals surface area contributed by atoms with Gasteiger partial charge in [0.2, 0.25) is 0 Å². The van der Waals surface area contributed by atoms with Gasteiger partial charge in [-0.2, -0.15) is 0 Å². The van der Waals surface area contributed by atoms with E-state index in [1.165, 1.54) is 25.7 Å². The van der Waals surface area contributed by atoms with Crippen LogP contribution < -0.4 is 0 Å². The van der Waals surface area contributed by atoms with Crippen molar-refractivity contribution in [2.45, 2.75) is 51.0 Å². The first-order valence-corrected chi connectivity index (χ1v) is 7.06. The van der Waals surface area contributed by atoms with E-state index in [0.717, 1.165) is 23.1 Å². The summed E-state index contributed by atoms with van der Waals surface area (Å²) in [5.41, 5.74) is 0.224. The molecule has 0 aromatic heterocycles. The molecule has 1 fully saturated rings. The lowest BCUT2D eigenvalue weighted by Gasteiger charge is -2.13. The summed E-state index contributed by atoms with van der Waals surface area (Å²) in [6, 6.07) is 0. The second kappa shape index (κ2) is 6.22. The molecule has 2 nitrogen and oxygen atoms in total. The summed E-state index contributed by atoms with van der Waals surface area (Å²) < 4.78 is 5.34. The van der Waals surface area contributed by atoms with Crippen LogP contribution in [-0.2, 0) is 9.53 Å². The first-order valence-electron chi connectivity index (χ1n) is 5.90. The van der Waals surface area contributed by atoms with Crippen molar-refractivity contribution < 1.29 is 9.53 Å². The number of carbonyl (C=O) groups excluding carboxylic acids is 1. The minimum Gasteiger partial charge on any atom is -0.465 e. The van der Waals surface area contributed by atoms with Crippen molar-refractivity contribution in [3.05, 3.63) is 0 Å². The van der Waals surface area contributed by atoms with Gasteiger partial charge in [-0.1, -0.05) is 26.2 Å². The highest BCUT2D eigenvalue weighted by atomic mass is 28.1. The van der Waals surface area contributed by atoms with Gasteiger partial charge in [0.25, 0.3) is 0 Å². The molecule has 1 unspecified atom stereocenters. The van der Waals surface area contributed by atoms with E-state index in [4.69, 9.17) is 4.74 Å². The average Bonchev–Trinajstić information content (AvgIpc) is 2.67.